The predicted molar refractivity (Wildman–Crippen MR) is 62.5 cm³/mol. The molecule has 3 atom stereocenters. The highest BCUT2D eigenvalue weighted by molar-refractivity contribution is 9.10. The summed E-state index contributed by atoms with van der Waals surface area (Å²) in [5, 5.41) is 3.66. The monoisotopic (exact) mass is 269 g/mol. The molecule has 2 fully saturated rings. The number of rotatable bonds is 3. The van der Waals surface area contributed by atoms with E-state index < -0.39 is 0 Å². The van der Waals surface area contributed by atoms with Gasteiger partial charge in [0.2, 0.25) is 0 Å². The molecular formula is C12H16BrNO. The van der Waals surface area contributed by atoms with Crippen molar-refractivity contribution in [3.8, 4) is 0 Å². The summed E-state index contributed by atoms with van der Waals surface area (Å²) in [5.74, 6) is 1.97. The Labute approximate surface area is 98.6 Å². The Morgan fingerprint density at radius 2 is 2.33 bits per heavy atom. The van der Waals surface area contributed by atoms with Gasteiger partial charge in [0.1, 0.15) is 0 Å². The van der Waals surface area contributed by atoms with Crippen molar-refractivity contribution >= 4 is 15.9 Å². The summed E-state index contributed by atoms with van der Waals surface area (Å²) in [6, 6.07) is 2.80. The molecule has 3 rings (SSSR count). The third-order valence-corrected chi connectivity index (χ3v) is 4.34. The molecule has 3 unspecified atom stereocenters. The zero-order chi connectivity index (χ0) is 10.3. The lowest BCUT2D eigenvalue weighted by molar-refractivity contribution is 0.350. The van der Waals surface area contributed by atoms with Crippen molar-refractivity contribution in [2.45, 2.75) is 38.3 Å². The van der Waals surface area contributed by atoms with Gasteiger partial charge in [-0.25, -0.2) is 0 Å². The van der Waals surface area contributed by atoms with Gasteiger partial charge in [0.25, 0.3) is 0 Å². The van der Waals surface area contributed by atoms with Crippen molar-refractivity contribution in [2.75, 3.05) is 0 Å². The maximum Gasteiger partial charge on any atom is 0.169 e. The van der Waals surface area contributed by atoms with Gasteiger partial charge in [-0.05, 0) is 53.1 Å². The maximum atomic E-state index is 5.22. The van der Waals surface area contributed by atoms with Crippen LogP contribution in [0.25, 0.3) is 0 Å². The van der Waals surface area contributed by atoms with Crippen LogP contribution in [0, 0.1) is 11.8 Å². The van der Waals surface area contributed by atoms with Crippen LogP contribution in [0.15, 0.2) is 21.4 Å². The quantitative estimate of drug-likeness (QED) is 0.911. The lowest BCUT2D eigenvalue weighted by atomic mass is 9.95. The molecule has 1 heterocycles. The third-order valence-electron chi connectivity index (χ3n) is 3.93. The van der Waals surface area contributed by atoms with Crippen LogP contribution >= 0.6 is 15.9 Å². The van der Waals surface area contributed by atoms with E-state index in [1.54, 1.807) is 0 Å². The van der Waals surface area contributed by atoms with Gasteiger partial charge in [-0.2, -0.15) is 0 Å². The number of nitrogens with one attached hydrogen (secondary N) is 1. The lowest BCUT2D eigenvalue weighted by Gasteiger charge is -2.22. The third kappa shape index (κ3) is 2.00. The first-order valence-electron chi connectivity index (χ1n) is 5.77. The summed E-state index contributed by atoms with van der Waals surface area (Å²) in [6.07, 6.45) is 7.60. The molecule has 2 nitrogen and oxygen atoms in total. The van der Waals surface area contributed by atoms with Crippen LogP contribution in [0.2, 0.25) is 0 Å². The van der Waals surface area contributed by atoms with Crippen LogP contribution in [0.4, 0.5) is 0 Å². The van der Waals surface area contributed by atoms with E-state index in [0.717, 1.165) is 29.1 Å². The van der Waals surface area contributed by atoms with Crippen LogP contribution < -0.4 is 5.32 Å². The molecular weight excluding hydrogens is 254 g/mol. The van der Waals surface area contributed by atoms with E-state index in [2.05, 4.69) is 21.2 Å². The summed E-state index contributed by atoms with van der Waals surface area (Å²) in [7, 11) is 0. The standard InChI is InChI=1S/C12H16BrNO/c13-12-5-9(7-15-12)6-14-11-4-8-1-2-10(11)3-8/h5,7-8,10-11,14H,1-4,6H2. The molecule has 1 aromatic heterocycles. The topological polar surface area (TPSA) is 25.2 Å². The van der Waals surface area contributed by atoms with Crippen LogP contribution in [-0.2, 0) is 6.54 Å². The molecule has 2 bridgehead atoms. The van der Waals surface area contributed by atoms with E-state index in [1.807, 2.05) is 12.3 Å². The summed E-state index contributed by atoms with van der Waals surface area (Å²) in [5.41, 5.74) is 1.24. The van der Waals surface area contributed by atoms with E-state index in [0.29, 0.717) is 0 Å². The second-order valence-electron chi connectivity index (χ2n) is 4.92. The lowest BCUT2D eigenvalue weighted by Crippen LogP contribution is -2.33. The average Bonchev–Trinajstić information content (AvgIpc) is 2.90. The van der Waals surface area contributed by atoms with Crippen LogP contribution in [0.5, 0.6) is 0 Å². The first-order chi connectivity index (χ1) is 7.31. The van der Waals surface area contributed by atoms with Crippen molar-refractivity contribution in [3.63, 3.8) is 0 Å². The normalized spacial score (nSPS) is 33.8. The van der Waals surface area contributed by atoms with Crippen LogP contribution in [0.3, 0.4) is 0 Å². The number of furan rings is 1. The Morgan fingerprint density at radius 3 is 2.93 bits per heavy atom. The Morgan fingerprint density at radius 1 is 1.40 bits per heavy atom. The minimum atomic E-state index is 0.762. The average molecular weight is 270 g/mol. The number of hydrogen-bond acceptors (Lipinski definition) is 2. The molecule has 0 spiro atoms. The van der Waals surface area contributed by atoms with Crippen molar-refractivity contribution < 1.29 is 4.42 Å². The fourth-order valence-electron chi connectivity index (χ4n) is 3.18. The zero-order valence-electron chi connectivity index (χ0n) is 8.71. The van der Waals surface area contributed by atoms with Gasteiger partial charge < -0.3 is 9.73 Å². The van der Waals surface area contributed by atoms with Crippen LogP contribution in [-0.4, -0.2) is 6.04 Å². The van der Waals surface area contributed by atoms with Crippen molar-refractivity contribution in [1.82, 2.24) is 5.32 Å². The molecule has 0 aliphatic heterocycles. The molecule has 0 aromatic carbocycles. The van der Waals surface area contributed by atoms with Crippen molar-refractivity contribution in [3.05, 3.63) is 22.6 Å². The highest BCUT2D eigenvalue weighted by atomic mass is 79.9. The summed E-state index contributed by atoms with van der Waals surface area (Å²) in [6.45, 7) is 0.947. The fraction of sp³-hybridized carbons (Fsp3) is 0.667. The number of hydrogen-bond donors (Lipinski definition) is 1. The van der Waals surface area contributed by atoms with Gasteiger partial charge >= 0.3 is 0 Å². The van der Waals surface area contributed by atoms with E-state index in [1.165, 1.54) is 31.2 Å². The molecule has 0 saturated heterocycles. The molecule has 1 N–H and O–H groups in total. The molecule has 0 amide bonds. The summed E-state index contributed by atoms with van der Waals surface area (Å²) < 4.78 is 6.04. The van der Waals surface area contributed by atoms with E-state index in [-0.39, 0.29) is 0 Å². The van der Waals surface area contributed by atoms with Gasteiger partial charge in [0, 0.05) is 18.2 Å². The second-order valence-corrected chi connectivity index (χ2v) is 5.70. The Balaban J connectivity index is 1.54. The largest absolute Gasteiger partial charge is 0.457 e. The van der Waals surface area contributed by atoms with Gasteiger partial charge in [-0.1, -0.05) is 6.42 Å². The van der Waals surface area contributed by atoms with E-state index in [4.69, 9.17) is 4.42 Å². The Kier molecular flexibility index (Phi) is 2.61. The first-order valence-corrected chi connectivity index (χ1v) is 6.57. The fourth-order valence-corrected chi connectivity index (χ4v) is 3.57. The van der Waals surface area contributed by atoms with E-state index in [9.17, 15) is 0 Å². The first kappa shape index (κ1) is 9.91. The van der Waals surface area contributed by atoms with Crippen LogP contribution in [0.1, 0.15) is 31.2 Å². The summed E-state index contributed by atoms with van der Waals surface area (Å²) in [4.78, 5) is 0. The van der Waals surface area contributed by atoms with Gasteiger partial charge in [-0.15, -0.1) is 0 Å². The number of halogens is 1. The molecule has 2 saturated carbocycles. The molecule has 3 heteroatoms. The Bertz CT molecular complexity index is 349. The molecule has 1 aromatic rings. The molecule has 2 aliphatic carbocycles. The predicted octanol–water partition coefficient (Wildman–Crippen LogP) is 3.32. The highest BCUT2D eigenvalue weighted by Gasteiger charge is 2.38. The number of fused-ring (bicyclic) bond motifs is 2. The summed E-state index contributed by atoms with van der Waals surface area (Å²) >= 11 is 3.32. The minimum Gasteiger partial charge on any atom is -0.457 e. The molecule has 2 aliphatic rings. The SMILES string of the molecule is Brc1cc(CNC2CC3CCC2C3)co1. The Hall–Kier alpha value is -0.280. The highest BCUT2D eigenvalue weighted by Crippen LogP contribution is 2.44. The smallest absolute Gasteiger partial charge is 0.169 e. The van der Waals surface area contributed by atoms with Crippen molar-refractivity contribution in [2.24, 2.45) is 11.8 Å². The minimum absolute atomic E-state index is 0.762. The maximum absolute atomic E-state index is 5.22. The second kappa shape index (κ2) is 3.95. The zero-order valence-corrected chi connectivity index (χ0v) is 10.3. The van der Waals surface area contributed by atoms with Gasteiger partial charge in [0.15, 0.2) is 4.67 Å². The van der Waals surface area contributed by atoms with Gasteiger partial charge in [-0.3, -0.25) is 0 Å². The molecule has 15 heavy (non-hydrogen) atoms. The van der Waals surface area contributed by atoms with E-state index >= 15 is 0 Å². The van der Waals surface area contributed by atoms with Crippen molar-refractivity contribution in [1.29, 1.82) is 0 Å². The molecule has 0 radical (unpaired) electrons. The molecule has 82 valence electrons. The van der Waals surface area contributed by atoms with Gasteiger partial charge in [0.05, 0.1) is 6.26 Å².